The molecule has 15 N–H and O–H groups in total. The molecule has 0 spiro atoms. The Morgan fingerprint density at radius 1 is 0.575 bits per heavy atom. The Bertz CT molecular complexity index is 2790. The SMILES string of the molecule is CSCC[C@H](NC(=O)CNC(=O)[C@H](Cc1ccc(O)cc1)NC(=O)[C@H](CCC(=O)O)NC(=O)[C@@H](N)CS)C(=O)N[C@@H](Cc1ccc(O)cc1)C(=O)N[C@@H](Cc1c[nH]c2ccccc12)C(=O)N[C@@H](CC(C)C)C(=O)N[C@@H](CS)C(=O)O. The smallest absolute Gasteiger partial charge is 0.327 e. The molecule has 3 aromatic carbocycles. The van der Waals surface area contributed by atoms with Crippen molar-refractivity contribution in [2.75, 3.05) is 30.1 Å². The first-order valence-corrected chi connectivity index (χ1v) is 28.1. The Hall–Kier alpha value is -7.49. The maximum Gasteiger partial charge on any atom is 0.327 e. The molecule has 0 radical (unpaired) electrons. The largest absolute Gasteiger partial charge is 0.508 e. The summed E-state index contributed by atoms with van der Waals surface area (Å²) < 4.78 is 0. The van der Waals surface area contributed by atoms with Crippen LogP contribution in [0, 0.1) is 5.92 Å². The molecular weight excluding hydrogens is 1100 g/mol. The van der Waals surface area contributed by atoms with Gasteiger partial charge in [0.25, 0.3) is 0 Å². The summed E-state index contributed by atoms with van der Waals surface area (Å²) in [5.41, 5.74) is 8.00. The van der Waals surface area contributed by atoms with E-state index in [1.54, 1.807) is 44.5 Å². The summed E-state index contributed by atoms with van der Waals surface area (Å²) in [7, 11) is 0. The van der Waals surface area contributed by atoms with Crippen LogP contribution in [0.5, 0.6) is 11.5 Å². The predicted molar refractivity (Wildman–Crippen MR) is 305 cm³/mol. The Morgan fingerprint density at radius 3 is 1.56 bits per heavy atom. The zero-order valence-corrected chi connectivity index (χ0v) is 46.8. The molecule has 4 aromatic rings. The number of aromatic hydroxyl groups is 2. The molecule has 0 saturated heterocycles. The molecule has 80 heavy (non-hydrogen) atoms. The third kappa shape index (κ3) is 21.3. The second kappa shape index (κ2) is 32.6. The number of fused-ring (bicyclic) bond motifs is 1. The molecule has 4 rings (SSSR count). The molecule has 0 aliphatic carbocycles. The summed E-state index contributed by atoms with van der Waals surface area (Å²) >= 11 is 9.37. The first-order valence-electron chi connectivity index (χ1n) is 25.4. The number of carbonyl (C=O) groups excluding carboxylic acids is 8. The Balaban J connectivity index is 1.61. The number of H-pyrrole nitrogens is 1. The predicted octanol–water partition coefficient (Wildman–Crippen LogP) is 0.0523. The average Bonchev–Trinajstić information content (AvgIpc) is 3.85. The quantitative estimate of drug-likeness (QED) is 0.0280. The van der Waals surface area contributed by atoms with Crippen molar-refractivity contribution in [3.05, 3.63) is 95.7 Å². The molecule has 1 heterocycles. The van der Waals surface area contributed by atoms with Crippen molar-refractivity contribution in [1.82, 2.24) is 47.5 Å². The number of carboxylic acid groups (broad SMARTS) is 2. The second-order valence-electron chi connectivity index (χ2n) is 19.2. The molecule has 27 heteroatoms. The highest BCUT2D eigenvalue weighted by Gasteiger charge is 2.34. The lowest BCUT2D eigenvalue weighted by Gasteiger charge is -2.27. The van der Waals surface area contributed by atoms with Crippen LogP contribution >= 0.6 is 37.0 Å². The second-order valence-corrected chi connectivity index (χ2v) is 20.9. The molecule has 434 valence electrons. The molecule has 24 nitrogen and oxygen atoms in total. The standard InChI is InChI=1S/C53H70N10O14S3/c1-28(2)20-39(50(73)63-43(27-79)53(76)77)59-52(75)42(23-31-24-55-36-7-5-4-6-34(31)36)62-51(74)41(22-30-10-14-33(65)15-11-30)61-49(72)38(18-19-80-3)57-44(66)25-56-47(70)40(21-29-8-12-32(64)13-9-29)60-48(71)37(16-17-45(67)68)58-46(69)35(54)26-78/h4-15,24,28,35,37-43,55,64-65,78-79H,16-23,25-27,54H2,1-3H3,(H,56,70)(H,57,66)(H,58,69)(H,59,75)(H,60,71)(H,61,72)(H,62,74)(H,63,73)(H,67,68)(H,76,77)/t35-,37-,38-,39-,40-,41-,42-,43-/m0/s1. The van der Waals surface area contributed by atoms with E-state index < -0.39 is 120 Å². The van der Waals surface area contributed by atoms with Gasteiger partial charge in [-0.25, -0.2) is 4.79 Å². The third-order valence-electron chi connectivity index (χ3n) is 12.4. The molecule has 8 atom stereocenters. The molecule has 0 bridgehead atoms. The third-order valence-corrected chi connectivity index (χ3v) is 13.8. The fourth-order valence-electron chi connectivity index (χ4n) is 8.07. The number of amides is 8. The van der Waals surface area contributed by atoms with E-state index in [1.807, 2.05) is 6.07 Å². The average molecular weight is 1170 g/mol. The number of thiol groups is 2. The van der Waals surface area contributed by atoms with Gasteiger partial charge in [0, 0.05) is 54.3 Å². The number of phenolic OH excluding ortho intramolecular Hbond substituents is 2. The van der Waals surface area contributed by atoms with Gasteiger partial charge in [-0.2, -0.15) is 37.0 Å². The highest BCUT2D eigenvalue weighted by Crippen LogP contribution is 2.21. The number of rotatable bonds is 33. The number of hydrogen-bond acceptors (Lipinski definition) is 16. The van der Waals surface area contributed by atoms with Crippen LogP contribution < -0.4 is 48.3 Å². The Morgan fingerprint density at radius 2 is 1.05 bits per heavy atom. The highest BCUT2D eigenvalue weighted by molar-refractivity contribution is 7.98. The van der Waals surface area contributed by atoms with Gasteiger partial charge in [-0.3, -0.25) is 43.2 Å². The summed E-state index contributed by atoms with van der Waals surface area (Å²) in [5, 5.41) is 60.1. The summed E-state index contributed by atoms with van der Waals surface area (Å²) in [6, 6.07) is 7.73. The molecule has 8 amide bonds. The van der Waals surface area contributed by atoms with Crippen LogP contribution in [0.1, 0.15) is 56.2 Å². The van der Waals surface area contributed by atoms with Crippen LogP contribution in [-0.2, 0) is 67.2 Å². The minimum absolute atomic E-state index is 0.0148. The van der Waals surface area contributed by atoms with Gasteiger partial charge in [-0.05, 0) is 84.2 Å². The molecule has 0 fully saturated rings. The number of benzene rings is 3. The molecular formula is C53H70N10O14S3. The summed E-state index contributed by atoms with van der Waals surface area (Å²) in [6.45, 7) is 2.85. The van der Waals surface area contributed by atoms with Crippen molar-refractivity contribution >= 4 is 107 Å². The van der Waals surface area contributed by atoms with E-state index in [9.17, 15) is 68.4 Å². The van der Waals surface area contributed by atoms with E-state index in [-0.39, 0.29) is 67.4 Å². The lowest BCUT2D eigenvalue weighted by atomic mass is 9.99. The Kier molecular flexibility index (Phi) is 26.5. The van der Waals surface area contributed by atoms with Crippen molar-refractivity contribution < 1.29 is 68.4 Å². The number of phenols is 2. The monoisotopic (exact) mass is 1170 g/mol. The number of carbonyl (C=O) groups is 10. The van der Waals surface area contributed by atoms with Gasteiger partial charge in [-0.15, -0.1) is 0 Å². The normalized spacial score (nSPS) is 14.1. The topological polar surface area (TPSA) is 390 Å². The van der Waals surface area contributed by atoms with E-state index in [4.69, 9.17) is 5.73 Å². The summed E-state index contributed by atoms with van der Waals surface area (Å²) in [6.07, 6.45) is 2.05. The van der Waals surface area contributed by atoms with Crippen LogP contribution in [0.3, 0.4) is 0 Å². The number of para-hydroxylation sites is 1. The first kappa shape index (κ1) is 65.0. The number of aromatic amines is 1. The van der Waals surface area contributed by atoms with E-state index >= 15 is 0 Å². The van der Waals surface area contributed by atoms with Gasteiger partial charge in [0.2, 0.25) is 47.3 Å². The van der Waals surface area contributed by atoms with E-state index in [0.29, 0.717) is 22.4 Å². The summed E-state index contributed by atoms with van der Waals surface area (Å²) in [5.74, 6) is -9.82. The van der Waals surface area contributed by atoms with Crippen molar-refractivity contribution in [1.29, 1.82) is 0 Å². The molecule has 0 aliphatic rings. The molecule has 1 aromatic heterocycles. The maximum atomic E-state index is 14.7. The molecule has 0 aliphatic heterocycles. The lowest BCUT2D eigenvalue weighted by molar-refractivity contribution is -0.141. The van der Waals surface area contributed by atoms with E-state index in [0.717, 1.165) is 10.9 Å². The number of thioether (sulfide) groups is 1. The van der Waals surface area contributed by atoms with Gasteiger partial charge in [0.1, 0.15) is 53.8 Å². The van der Waals surface area contributed by atoms with Gasteiger partial charge in [-0.1, -0.05) is 56.3 Å². The zero-order chi connectivity index (χ0) is 59.1. The number of aliphatic carboxylic acids is 2. The van der Waals surface area contributed by atoms with E-state index in [1.165, 1.54) is 60.3 Å². The minimum Gasteiger partial charge on any atom is -0.508 e. The van der Waals surface area contributed by atoms with Crippen LogP contribution in [0.2, 0.25) is 0 Å². The van der Waals surface area contributed by atoms with Gasteiger partial charge in [0.05, 0.1) is 12.6 Å². The van der Waals surface area contributed by atoms with Gasteiger partial charge in [0.15, 0.2) is 0 Å². The number of hydrogen-bond donors (Lipinski definition) is 16. The lowest BCUT2D eigenvalue weighted by Crippen LogP contribution is -2.60. The molecule has 0 unspecified atom stereocenters. The number of nitrogens with one attached hydrogen (secondary N) is 9. The van der Waals surface area contributed by atoms with Crippen LogP contribution in [0.4, 0.5) is 0 Å². The van der Waals surface area contributed by atoms with Gasteiger partial charge >= 0.3 is 11.9 Å². The summed E-state index contributed by atoms with van der Waals surface area (Å²) in [4.78, 5) is 137. The van der Waals surface area contributed by atoms with Crippen molar-refractivity contribution in [3.63, 3.8) is 0 Å². The zero-order valence-electron chi connectivity index (χ0n) is 44.2. The number of nitrogens with two attached hydrogens (primary N) is 1. The van der Waals surface area contributed by atoms with Crippen molar-refractivity contribution in [2.45, 2.75) is 107 Å². The highest BCUT2D eigenvalue weighted by atomic mass is 32.2. The first-order chi connectivity index (χ1) is 38.0. The Labute approximate surface area is 476 Å². The number of aromatic nitrogens is 1. The fraction of sp³-hybridized carbons (Fsp3) is 0.434. The molecule has 0 saturated carbocycles. The number of carboxylic acids is 2. The van der Waals surface area contributed by atoms with E-state index in [2.05, 4.69) is 72.8 Å². The van der Waals surface area contributed by atoms with Crippen molar-refractivity contribution in [3.8, 4) is 11.5 Å². The van der Waals surface area contributed by atoms with Crippen molar-refractivity contribution in [2.24, 2.45) is 11.7 Å². The van der Waals surface area contributed by atoms with Crippen LogP contribution in [0.25, 0.3) is 10.9 Å². The minimum atomic E-state index is -1.46. The van der Waals surface area contributed by atoms with Gasteiger partial charge < -0.3 is 73.7 Å². The fourth-order valence-corrected chi connectivity index (χ4v) is 8.96. The van der Waals surface area contributed by atoms with Crippen LogP contribution in [0.15, 0.2) is 79.0 Å². The maximum absolute atomic E-state index is 14.7. The van der Waals surface area contributed by atoms with Crippen LogP contribution in [-0.4, -0.2) is 163 Å².